The first-order valence-electron chi connectivity index (χ1n) is 12.6. The number of nitrogens with two attached hydrogens (primary N) is 1. The van der Waals surface area contributed by atoms with Crippen LogP contribution in [0.1, 0.15) is 0 Å². The standard InChI is InChI=1S/C26H19N5O13S4/c27-20-12-18-13(8-23(20)47(39,40)41)9-24(48(42,43)44)25(26(18)32)31-30-22-7-6-21(17-5-4-16(11-19(17)22)46(36,37)38)29-28-14-2-1-3-15(10-14)45(33,34)35/h1-12,32H,27H2,(H,33,34,35)(H,36,37,38)(H,39,40,41)(H,42,43,44). The summed E-state index contributed by atoms with van der Waals surface area (Å²) in [7, 11) is -19.4. The zero-order chi connectivity index (χ0) is 35.4. The topological polar surface area (TPSA) is 313 Å². The number of phenolic OH excluding ortho intramolecular Hbond substituents is 1. The highest BCUT2D eigenvalue weighted by Gasteiger charge is 2.25. The average molecular weight is 738 g/mol. The van der Waals surface area contributed by atoms with E-state index >= 15 is 0 Å². The lowest BCUT2D eigenvalue weighted by molar-refractivity contribution is 0.472. The van der Waals surface area contributed by atoms with E-state index < -0.39 is 77.2 Å². The molecule has 250 valence electrons. The molecule has 0 radical (unpaired) electrons. The molecule has 0 amide bonds. The maximum atomic E-state index is 12.3. The Hall–Kier alpha value is -4.94. The van der Waals surface area contributed by atoms with Crippen LogP contribution in [-0.2, 0) is 40.5 Å². The Labute approximate surface area is 270 Å². The van der Waals surface area contributed by atoms with Crippen LogP contribution in [0, 0.1) is 0 Å². The first kappa shape index (κ1) is 34.4. The Morgan fingerprint density at radius 1 is 0.521 bits per heavy atom. The number of rotatable bonds is 8. The van der Waals surface area contributed by atoms with Crippen LogP contribution in [0.15, 0.2) is 113 Å². The third kappa shape index (κ3) is 6.99. The van der Waals surface area contributed by atoms with Gasteiger partial charge < -0.3 is 10.8 Å². The Morgan fingerprint density at radius 2 is 1.08 bits per heavy atom. The summed E-state index contributed by atoms with van der Waals surface area (Å²) >= 11 is 0. The fraction of sp³-hybridized carbons (Fsp3) is 0. The summed E-state index contributed by atoms with van der Waals surface area (Å²) in [6.07, 6.45) is 0. The van der Waals surface area contributed by atoms with Gasteiger partial charge in [0.15, 0.2) is 5.75 Å². The monoisotopic (exact) mass is 737 g/mol. The van der Waals surface area contributed by atoms with Gasteiger partial charge in [-0.25, -0.2) is 0 Å². The van der Waals surface area contributed by atoms with E-state index in [9.17, 15) is 57.0 Å². The average Bonchev–Trinajstić information content (AvgIpc) is 2.97. The summed E-state index contributed by atoms with van der Waals surface area (Å²) in [5.74, 6) is -0.932. The van der Waals surface area contributed by atoms with Gasteiger partial charge in [0.2, 0.25) is 0 Å². The number of phenols is 1. The van der Waals surface area contributed by atoms with Crippen LogP contribution in [0.2, 0.25) is 0 Å². The second-order valence-electron chi connectivity index (χ2n) is 9.79. The molecule has 0 spiro atoms. The Kier molecular flexibility index (Phi) is 8.56. The van der Waals surface area contributed by atoms with E-state index in [1.165, 1.54) is 30.3 Å². The normalized spacial score (nSPS) is 13.2. The molecular weight excluding hydrogens is 719 g/mol. The summed E-state index contributed by atoms with van der Waals surface area (Å²) in [6, 6.07) is 12.9. The van der Waals surface area contributed by atoms with Crippen LogP contribution in [0.4, 0.5) is 28.4 Å². The molecule has 0 saturated carbocycles. The minimum absolute atomic E-state index is 0.00506. The Bertz CT molecular complexity index is 2700. The van der Waals surface area contributed by atoms with Gasteiger partial charge in [0, 0.05) is 16.2 Å². The van der Waals surface area contributed by atoms with Gasteiger partial charge in [-0.2, -0.15) is 38.8 Å². The van der Waals surface area contributed by atoms with Crippen molar-refractivity contribution in [2.75, 3.05) is 5.73 Å². The van der Waals surface area contributed by atoms with Crippen LogP contribution in [0.3, 0.4) is 0 Å². The predicted octanol–water partition coefficient (Wildman–Crippen LogP) is 5.10. The summed E-state index contributed by atoms with van der Waals surface area (Å²) < 4.78 is 133. The van der Waals surface area contributed by atoms with Crippen molar-refractivity contribution in [3.05, 3.63) is 72.8 Å². The number of hydrogen-bond donors (Lipinski definition) is 6. The number of azo groups is 2. The lowest BCUT2D eigenvalue weighted by Crippen LogP contribution is -2.04. The van der Waals surface area contributed by atoms with E-state index in [2.05, 4.69) is 20.5 Å². The van der Waals surface area contributed by atoms with Gasteiger partial charge >= 0.3 is 0 Å². The molecule has 7 N–H and O–H groups in total. The van der Waals surface area contributed by atoms with Crippen molar-refractivity contribution in [1.29, 1.82) is 0 Å². The van der Waals surface area contributed by atoms with Crippen molar-refractivity contribution < 1.29 is 57.0 Å². The van der Waals surface area contributed by atoms with E-state index in [0.717, 1.165) is 42.5 Å². The molecule has 0 bridgehead atoms. The molecule has 0 aliphatic carbocycles. The van der Waals surface area contributed by atoms with Crippen LogP contribution in [-0.4, -0.2) is 57.0 Å². The largest absolute Gasteiger partial charge is 0.505 e. The fourth-order valence-corrected chi connectivity index (χ4v) is 6.78. The van der Waals surface area contributed by atoms with Crippen LogP contribution in [0.5, 0.6) is 5.75 Å². The zero-order valence-electron chi connectivity index (χ0n) is 23.4. The van der Waals surface area contributed by atoms with Gasteiger partial charge in [-0.3, -0.25) is 18.2 Å². The first-order chi connectivity index (χ1) is 22.1. The number of hydrogen-bond acceptors (Lipinski definition) is 14. The first-order valence-corrected chi connectivity index (χ1v) is 18.4. The van der Waals surface area contributed by atoms with E-state index in [-0.39, 0.29) is 38.6 Å². The molecule has 0 heterocycles. The lowest BCUT2D eigenvalue weighted by atomic mass is 10.1. The molecule has 5 rings (SSSR count). The molecule has 0 aliphatic heterocycles. The molecule has 5 aromatic carbocycles. The quantitative estimate of drug-likeness (QED) is 0.0686. The van der Waals surface area contributed by atoms with Crippen molar-refractivity contribution in [3.8, 4) is 5.75 Å². The molecule has 18 nitrogen and oxygen atoms in total. The SMILES string of the molecule is Nc1cc2c(O)c(N=Nc3ccc(N=Nc4cccc(S(=O)(=O)O)c4)c4ccc(S(=O)(=O)O)cc34)c(S(=O)(=O)O)cc2cc1S(=O)(=O)O. The smallest absolute Gasteiger partial charge is 0.296 e. The van der Waals surface area contributed by atoms with Crippen LogP contribution < -0.4 is 5.73 Å². The van der Waals surface area contributed by atoms with Crippen LogP contribution in [0.25, 0.3) is 21.5 Å². The van der Waals surface area contributed by atoms with Gasteiger partial charge in [0.1, 0.15) is 15.5 Å². The molecule has 22 heteroatoms. The minimum Gasteiger partial charge on any atom is -0.505 e. The van der Waals surface area contributed by atoms with Crippen LogP contribution >= 0.6 is 0 Å². The summed E-state index contributed by atoms with van der Waals surface area (Å²) in [5, 5.41) is 26.2. The third-order valence-electron chi connectivity index (χ3n) is 6.62. The van der Waals surface area contributed by atoms with Gasteiger partial charge in [0.25, 0.3) is 40.5 Å². The van der Waals surface area contributed by atoms with Crippen molar-refractivity contribution in [3.63, 3.8) is 0 Å². The fourth-order valence-electron chi connectivity index (χ4n) is 4.46. The highest BCUT2D eigenvalue weighted by Crippen LogP contribution is 2.44. The van der Waals surface area contributed by atoms with Crippen molar-refractivity contribution in [2.45, 2.75) is 19.6 Å². The van der Waals surface area contributed by atoms with Gasteiger partial charge in [0.05, 0.1) is 32.5 Å². The molecule has 5 aromatic rings. The molecule has 0 atom stereocenters. The molecular formula is C26H19N5O13S4. The molecule has 0 saturated heterocycles. The van der Waals surface area contributed by atoms with E-state index in [4.69, 9.17) is 5.73 Å². The number of nitrogen functional groups attached to an aromatic ring is 1. The van der Waals surface area contributed by atoms with E-state index in [1.54, 1.807) is 0 Å². The maximum absolute atomic E-state index is 12.3. The minimum atomic E-state index is -5.18. The molecule has 0 fully saturated rings. The molecule has 48 heavy (non-hydrogen) atoms. The van der Waals surface area contributed by atoms with Crippen molar-refractivity contribution >= 4 is 90.5 Å². The summed E-state index contributed by atoms with van der Waals surface area (Å²) in [4.78, 5) is -2.91. The van der Waals surface area contributed by atoms with E-state index in [1.807, 2.05) is 0 Å². The van der Waals surface area contributed by atoms with E-state index in [0.29, 0.717) is 0 Å². The Morgan fingerprint density at radius 3 is 1.69 bits per heavy atom. The third-order valence-corrected chi connectivity index (χ3v) is 10.1. The number of fused-ring (bicyclic) bond motifs is 2. The summed E-state index contributed by atoms with van der Waals surface area (Å²) in [6.45, 7) is 0. The van der Waals surface area contributed by atoms with Crippen molar-refractivity contribution in [1.82, 2.24) is 0 Å². The van der Waals surface area contributed by atoms with Gasteiger partial charge in [-0.15, -0.1) is 15.3 Å². The second-order valence-corrected chi connectivity index (χ2v) is 15.4. The van der Waals surface area contributed by atoms with Gasteiger partial charge in [-0.1, -0.05) is 12.1 Å². The van der Waals surface area contributed by atoms with Crippen molar-refractivity contribution in [2.24, 2.45) is 20.5 Å². The zero-order valence-corrected chi connectivity index (χ0v) is 26.7. The lowest BCUT2D eigenvalue weighted by Gasteiger charge is -2.11. The number of nitrogens with zero attached hydrogens (tertiary/aromatic N) is 4. The maximum Gasteiger partial charge on any atom is 0.296 e. The predicted molar refractivity (Wildman–Crippen MR) is 168 cm³/mol. The highest BCUT2D eigenvalue weighted by molar-refractivity contribution is 7.86. The molecule has 0 unspecified atom stereocenters. The molecule has 0 aliphatic rings. The number of anilines is 1. The Balaban J connectivity index is 1.70. The summed E-state index contributed by atoms with van der Waals surface area (Å²) in [5.41, 5.74) is 4.20. The highest BCUT2D eigenvalue weighted by atomic mass is 32.2. The molecule has 0 aromatic heterocycles. The van der Waals surface area contributed by atoms with Gasteiger partial charge in [-0.05, 0) is 66.0 Å². The number of aromatic hydroxyl groups is 1. The number of benzene rings is 5. The second kappa shape index (κ2) is 11.9.